The molecule has 0 saturated carbocycles. The van der Waals surface area contributed by atoms with E-state index in [-0.39, 0.29) is 11.8 Å². The van der Waals surface area contributed by atoms with Gasteiger partial charge in [0.05, 0.1) is 16.6 Å². The van der Waals surface area contributed by atoms with E-state index in [1.165, 1.54) is 16.9 Å². The molecule has 0 radical (unpaired) electrons. The molecule has 1 atom stereocenters. The van der Waals surface area contributed by atoms with Crippen molar-refractivity contribution in [3.8, 4) is 11.1 Å². The summed E-state index contributed by atoms with van der Waals surface area (Å²) >= 11 is 1.35. The molecular formula is C25H27N3O2S. The number of carbonyl (C=O) groups is 2. The van der Waals surface area contributed by atoms with Crippen LogP contribution in [0.1, 0.15) is 39.3 Å². The Hall–Kier alpha value is -2.99. The number of benzene rings is 2. The number of primary amides is 1. The largest absolute Gasteiger partial charge is 0.369 e. The number of nitrogens with zero attached hydrogens (tertiary/aromatic N) is 2. The van der Waals surface area contributed by atoms with Gasteiger partial charge in [0.15, 0.2) is 0 Å². The number of rotatable bonds is 5. The average molecular weight is 434 g/mol. The summed E-state index contributed by atoms with van der Waals surface area (Å²) in [6, 6.07) is 16.6. The van der Waals surface area contributed by atoms with Gasteiger partial charge in [-0.3, -0.25) is 9.59 Å². The lowest BCUT2D eigenvalue weighted by atomic mass is 9.74. The molecule has 6 heteroatoms. The number of amides is 2. The maximum atomic E-state index is 13.1. The number of carbonyl (C=O) groups excluding carboxylic acids is 2. The molecule has 31 heavy (non-hydrogen) atoms. The van der Waals surface area contributed by atoms with Gasteiger partial charge >= 0.3 is 0 Å². The minimum atomic E-state index is -0.766. The van der Waals surface area contributed by atoms with E-state index in [1.807, 2.05) is 25.1 Å². The smallest absolute Gasteiger partial charge is 0.265 e. The Balaban J connectivity index is 1.60. The minimum absolute atomic E-state index is 0.0566. The summed E-state index contributed by atoms with van der Waals surface area (Å²) in [5, 5.41) is 0. The van der Waals surface area contributed by atoms with Crippen LogP contribution in [-0.2, 0) is 11.2 Å². The molecule has 2 N–H and O–H groups in total. The van der Waals surface area contributed by atoms with Crippen LogP contribution in [0.15, 0.2) is 54.0 Å². The van der Waals surface area contributed by atoms with E-state index in [4.69, 9.17) is 5.73 Å². The molecule has 2 heterocycles. The van der Waals surface area contributed by atoms with E-state index in [1.54, 1.807) is 10.4 Å². The van der Waals surface area contributed by atoms with Gasteiger partial charge in [-0.1, -0.05) is 54.1 Å². The molecule has 5 nitrogen and oxygen atoms in total. The number of hydrogen-bond donors (Lipinski definition) is 1. The lowest BCUT2D eigenvalue weighted by Crippen LogP contribution is -2.53. The first-order valence-corrected chi connectivity index (χ1v) is 11.4. The predicted molar refractivity (Wildman–Crippen MR) is 124 cm³/mol. The van der Waals surface area contributed by atoms with Crippen molar-refractivity contribution in [1.82, 2.24) is 9.88 Å². The molecule has 3 aromatic rings. The van der Waals surface area contributed by atoms with E-state index >= 15 is 0 Å². The maximum absolute atomic E-state index is 13.1. The van der Waals surface area contributed by atoms with E-state index in [0.717, 1.165) is 28.8 Å². The van der Waals surface area contributed by atoms with Crippen LogP contribution in [0.2, 0.25) is 0 Å². The average Bonchev–Trinajstić information content (AvgIpc) is 3.19. The molecule has 1 fully saturated rings. The molecule has 4 rings (SSSR count). The molecule has 0 unspecified atom stereocenters. The monoisotopic (exact) mass is 433 g/mol. The van der Waals surface area contributed by atoms with Crippen LogP contribution in [0.3, 0.4) is 0 Å². The van der Waals surface area contributed by atoms with Gasteiger partial charge in [0.25, 0.3) is 5.91 Å². The van der Waals surface area contributed by atoms with Gasteiger partial charge in [-0.15, -0.1) is 11.3 Å². The zero-order valence-electron chi connectivity index (χ0n) is 17.9. The third-order valence-corrected chi connectivity index (χ3v) is 7.06. The Bertz CT molecular complexity index is 1120. The normalized spacial score (nSPS) is 18.7. The third-order valence-electron chi connectivity index (χ3n) is 6.15. The van der Waals surface area contributed by atoms with Crippen molar-refractivity contribution in [1.29, 1.82) is 0 Å². The van der Waals surface area contributed by atoms with Gasteiger partial charge < -0.3 is 10.6 Å². The first-order valence-electron chi connectivity index (χ1n) is 10.5. The highest BCUT2D eigenvalue weighted by atomic mass is 32.1. The van der Waals surface area contributed by atoms with Crippen molar-refractivity contribution in [2.75, 3.05) is 13.1 Å². The second kappa shape index (κ2) is 8.63. The standard InChI is InChI=1S/C25H27N3O2S/c1-17-6-3-8-20(12-17)21-9-4-7-19(13-21)14-25(24(26)30)10-5-11-28(15-25)23(29)22-18(2)27-16-31-22/h3-4,6-9,12-13,16H,5,10-11,14-15H2,1-2H3,(H2,26,30)/t25-/m0/s1. The molecule has 1 aromatic heterocycles. The van der Waals surface area contributed by atoms with E-state index in [0.29, 0.717) is 30.8 Å². The highest BCUT2D eigenvalue weighted by Crippen LogP contribution is 2.35. The summed E-state index contributed by atoms with van der Waals surface area (Å²) in [5.41, 5.74) is 12.1. The van der Waals surface area contributed by atoms with Crippen molar-refractivity contribution >= 4 is 23.2 Å². The Morgan fingerprint density at radius 2 is 1.87 bits per heavy atom. The van der Waals surface area contributed by atoms with Gasteiger partial charge in [-0.05, 0) is 49.8 Å². The number of likely N-dealkylation sites (tertiary alicyclic amines) is 1. The van der Waals surface area contributed by atoms with Crippen LogP contribution in [0.25, 0.3) is 11.1 Å². The number of thiazole rings is 1. The molecule has 1 aliphatic heterocycles. The Kier molecular flexibility index (Phi) is 5.92. The van der Waals surface area contributed by atoms with Gasteiger partial charge in [0.2, 0.25) is 5.91 Å². The van der Waals surface area contributed by atoms with Crippen molar-refractivity contribution in [3.63, 3.8) is 0 Å². The van der Waals surface area contributed by atoms with Crippen molar-refractivity contribution in [2.45, 2.75) is 33.1 Å². The van der Waals surface area contributed by atoms with Crippen molar-refractivity contribution in [3.05, 3.63) is 75.7 Å². The van der Waals surface area contributed by atoms with Gasteiger partial charge in [-0.2, -0.15) is 0 Å². The van der Waals surface area contributed by atoms with Gasteiger partial charge in [0, 0.05) is 13.1 Å². The first kappa shape index (κ1) is 21.2. The first-order chi connectivity index (χ1) is 14.9. The number of hydrogen-bond acceptors (Lipinski definition) is 4. The van der Waals surface area contributed by atoms with Crippen LogP contribution >= 0.6 is 11.3 Å². The number of nitrogens with two attached hydrogens (primary N) is 1. The third kappa shape index (κ3) is 4.39. The molecule has 0 bridgehead atoms. The molecule has 0 aliphatic carbocycles. The lowest BCUT2D eigenvalue weighted by molar-refractivity contribution is -0.130. The second-order valence-corrected chi connectivity index (χ2v) is 9.34. The zero-order chi connectivity index (χ0) is 22.0. The SMILES string of the molecule is Cc1cccc(-c2cccc(C[C@@]3(C(N)=O)CCCN(C(=O)c4scnc4C)C3)c2)c1. The lowest BCUT2D eigenvalue weighted by Gasteiger charge is -2.41. The second-order valence-electron chi connectivity index (χ2n) is 8.49. The highest BCUT2D eigenvalue weighted by molar-refractivity contribution is 7.11. The summed E-state index contributed by atoms with van der Waals surface area (Å²) in [6.45, 7) is 4.89. The van der Waals surface area contributed by atoms with Gasteiger partial charge in [0.1, 0.15) is 4.88 Å². The van der Waals surface area contributed by atoms with Crippen molar-refractivity contribution < 1.29 is 9.59 Å². The molecular weight excluding hydrogens is 406 g/mol. The van der Waals surface area contributed by atoms with Crippen LogP contribution in [0, 0.1) is 19.3 Å². The molecule has 2 aromatic carbocycles. The summed E-state index contributed by atoms with van der Waals surface area (Å²) in [6.07, 6.45) is 1.96. The fourth-order valence-corrected chi connectivity index (χ4v) is 5.23. The fourth-order valence-electron chi connectivity index (χ4n) is 4.46. The fraction of sp³-hybridized carbons (Fsp3) is 0.320. The maximum Gasteiger partial charge on any atom is 0.265 e. The summed E-state index contributed by atoms with van der Waals surface area (Å²) < 4.78 is 0. The number of aryl methyl sites for hydroxylation is 2. The zero-order valence-corrected chi connectivity index (χ0v) is 18.7. The van der Waals surface area contributed by atoms with Crippen LogP contribution in [0.4, 0.5) is 0 Å². The number of piperidine rings is 1. The minimum Gasteiger partial charge on any atom is -0.369 e. The molecule has 2 amide bonds. The van der Waals surface area contributed by atoms with E-state index in [9.17, 15) is 9.59 Å². The van der Waals surface area contributed by atoms with Crippen LogP contribution in [0.5, 0.6) is 0 Å². The predicted octanol–water partition coefficient (Wildman–Crippen LogP) is 4.38. The highest BCUT2D eigenvalue weighted by Gasteiger charge is 2.42. The van der Waals surface area contributed by atoms with Crippen molar-refractivity contribution in [2.24, 2.45) is 11.1 Å². The summed E-state index contributed by atoms with van der Waals surface area (Å²) in [4.78, 5) is 32.3. The van der Waals surface area contributed by atoms with Gasteiger partial charge in [-0.25, -0.2) is 4.98 Å². The molecule has 1 saturated heterocycles. The number of aromatic nitrogens is 1. The Morgan fingerprint density at radius 1 is 1.13 bits per heavy atom. The molecule has 0 spiro atoms. The Morgan fingerprint density at radius 3 is 2.55 bits per heavy atom. The molecule has 160 valence electrons. The van der Waals surface area contributed by atoms with Crippen LogP contribution in [-0.4, -0.2) is 34.8 Å². The quantitative estimate of drug-likeness (QED) is 0.649. The van der Waals surface area contributed by atoms with E-state index < -0.39 is 5.41 Å². The summed E-state index contributed by atoms with van der Waals surface area (Å²) in [5.74, 6) is -0.397. The van der Waals surface area contributed by atoms with E-state index in [2.05, 4.69) is 42.2 Å². The Labute approximate surface area is 186 Å². The molecule has 1 aliphatic rings. The van der Waals surface area contributed by atoms with Crippen LogP contribution < -0.4 is 5.73 Å². The topological polar surface area (TPSA) is 76.3 Å². The summed E-state index contributed by atoms with van der Waals surface area (Å²) in [7, 11) is 0.